The lowest BCUT2D eigenvalue weighted by Gasteiger charge is -2.17. The molecular weight excluding hydrogens is 304 g/mol. The molecule has 25 heavy (non-hydrogen) atoms. The summed E-state index contributed by atoms with van der Waals surface area (Å²) in [6, 6.07) is 13.8. The SMILES string of the molecule is CC(C)Nc1ccc(C(C)CCC(C)c2ccc(C(C)C)nc2)cc1. The molecule has 1 aromatic heterocycles. The summed E-state index contributed by atoms with van der Waals surface area (Å²) in [5.41, 5.74) is 5.16. The van der Waals surface area contributed by atoms with Crippen molar-refractivity contribution in [1.29, 1.82) is 0 Å². The van der Waals surface area contributed by atoms with Crippen LogP contribution in [0.4, 0.5) is 5.69 Å². The van der Waals surface area contributed by atoms with Crippen molar-refractivity contribution in [2.45, 2.75) is 78.2 Å². The van der Waals surface area contributed by atoms with Crippen molar-refractivity contribution in [1.82, 2.24) is 4.98 Å². The standard InChI is InChI=1S/C23H34N2/c1-16(2)23-14-11-21(15-24-23)19(6)8-7-18(5)20-9-12-22(13-10-20)25-17(3)4/h9-19,25H,7-8H2,1-6H3. The van der Waals surface area contributed by atoms with Gasteiger partial charge in [0.15, 0.2) is 0 Å². The quantitative estimate of drug-likeness (QED) is 0.578. The molecule has 1 aromatic carbocycles. The van der Waals surface area contributed by atoms with E-state index in [1.165, 1.54) is 35.3 Å². The van der Waals surface area contributed by atoms with Crippen LogP contribution in [-0.4, -0.2) is 11.0 Å². The molecule has 2 atom stereocenters. The zero-order chi connectivity index (χ0) is 18.4. The molecule has 0 aliphatic heterocycles. The van der Waals surface area contributed by atoms with Crippen molar-refractivity contribution in [3.8, 4) is 0 Å². The smallest absolute Gasteiger partial charge is 0.0429 e. The van der Waals surface area contributed by atoms with Crippen molar-refractivity contribution >= 4 is 5.69 Å². The second-order valence-electron chi connectivity index (χ2n) is 7.97. The average Bonchev–Trinajstić information content (AvgIpc) is 2.59. The summed E-state index contributed by atoms with van der Waals surface area (Å²) < 4.78 is 0. The van der Waals surface area contributed by atoms with Crippen LogP contribution >= 0.6 is 0 Å². The van der Waals surface area contributed by atoms with E-state index in [9.17, 15) is 0 Å². The van der Waals surface area contributed by atoms with Gasteiger partial charge in [-0.2, -0.15) is 0 Å². The molecule has 0 spiro atoms. The van der Waals surface area contributed by atoms with Crippen LogP contribution in [0.5, 0.6) is 0 Å². The summed E-state index contributed by atoms with van der Waals surface area (Å²) in [4.78, 5) is 4.61. The summed E-state index contributed by atoms with van der Waals surface area (Å²) in [5, 5.41) is 3.45. The summed E-state index contributed by atoms with van der Waals surface area (Å²) in [7, 11) is 0. The third kappa shape index (κ3) is 5.88. The molecule has 0 saturated heterocycles. The Morgan fingerprint density at radius 3 is 1.80 bits per heavy atom. The highest BCUT2D eigenvalue weighted by molar-refractivity contribution is 5.45. The van der Waals surface area contributed by atoms with E-state index in [2.05, 4.69) is 94.4 Å². The highest BCUT2D eigenvalue weighted by Gasteiger charge is 2.11. The molecule has 0 fully saturated rings. The summed E-state index contributed by atoms with van der Waals surface area (Å²) in [6.07, 6.45) is 4.46. The van der Waals surface area contributed by atoms with Gasteiger partial charge in [0, 0.05) is 23.6 Å². The van der Waals surface area contributed by atoms with E-state index in [1.807, 2.05) is 0 Å². The first-order chi connectivity index (χ1) is 11.9. The normalized spacial score (nSPS) is 13.9. The molecule has 2 nitrogen and oxygen atoms in total. The maximum absolute atomic E-state index is 4.61. The predicted octanol–water partition coefficient (Wildman–Crippen LogP) is 6.71. The molecule has 0 radical (unpaired) electrons. The summed E-state index contributed by atoms with van der Waals surface area (Å²) >= 11 is 0. The Balaban J connectivity index is 1.89. The highest BCUT2D eigenvalue weighted by Crippen LogP contribution is 2.28. The topological polar surface area (TPSA) is 24.9 Å². The van der Waals surface area contributed by atoms with Gasteiger partial charge in [-0.1, -0.05) is 45.9 Å². The minimum Gasteiger partial charge on any atom is -0.383 e. The number of benzene rings is 1. The molecule has 2 heteroatoms. The fraction of sp³-hybridized carbons (Fsp3) is 0.522. The van der Waals surface area contributed by atoms with Crippen molar-refractivity contribution in [3.05, 3.63) is 59.4 Å². The van der Waals surface area contributed by atoms with Gasteiger partial charge in [-0.3, -0.25) is 4.98 Å². The number of hydrogen-bond acceptors (Lipinski definition) is 2. The Hall–Kier alpha value is -1.83. The third-order valence-electron chi connectivity index (χ3n) is 4.94. The van der Waals surface area contributed by atoms with E-state index in [0.717, 1.165) is 0 Å². The number of rotatable bonds is 8. The Kier molecular flexibility index (Phi) is 7.04. The molecule has 0 aliphatic carbocycles. The lowest BCUT2D eigenvalue weighted by Crippen LogP contribution is -2.09. The van der Waals surface area contributed by atoms with Crippen molar-refractivity contribution in [3.63, 3.8) is 0 Å². The van der Waals surface area contributed by atoms with E-state index in [0.29, 0.717) is 23.8 Å². The van der Waals surface area contributed by atoms with E-state index in [1.54, 1.807) is 0 Å². The van der Waals surface area contributed by atoms with Crippen LogP contribution in [-0.2, 0) is 0 Å². The first kappa shape index (κ1) is 19.5. The zero-order valence-corrected chi connectivity index (χ0v) is 16.7. The average molecular weight is 339 g/mol. The number of aromatic nitrogens is 1. The lowest BCUT2D eigenvalue weighted by molar-refractivity contribution is 0.572. The number of nitrogens with one attached hydrogen (secondary N) is 1. The zero-order valence-electron chi connectivity index (χ0n) is 16.7. The largest absolute Gasteiger partial charge is 0.383 e. The highest BCUT2D eigenvalue weighted by atomic mass is 14.9. The van der Waals surface area contributed by atoms with Crippen LogP contribution in [0.15, 0.2) is 42.6 Å². The monoisotopic (exact) mass is 338 g/mol. The van der Waals surface area contributed by atoms with Crippen molar-refractivity contribution < 1.29 is 0 Å². The summed E-state index contributed by atoms with van der Waals surface area (Å²) in [5.74, 6) is 1.63. The molecule has 0 saturated carbocycles. The second kappa shape index (κ2) is 9.03. The Morgan fingerprint density at radius 1 is 0.760 bits per heavy atom. The van der Waals surface area contributed by atoms with Crippen LogP contribution in [0, 0.1) is 0 Å². The molecule has 136 valence electrons. The fourth-order valence-electron chi connectivity index (χ4n) is 3.12. The molecule has 0 amide bonds. The predicted molar refractivity (Wildman–Crippen MR) is 110 cm³/mol. The molecular formula is C23H34N2. The molecule has 0 aliphatic rings. The molecule has 1 heterocycles. The van der Waals surface area contributed by atoms with Gasteiger partial charge >= 0.3 is 0 Å². The van der Waals surface area contributed by atoms with Crippen LogP contribution in [0.2, 0.25) is 0 Å². The number of pyridine rings is 1. The van der Waals surface area contributed by atoms with Gasteiger partial charge in [0.2, 0.25) is 0 Å². The second-order valence-corrected chi connectivity index (χ2v) is 7.97. The van der Waals surface area contributed by atoms with Gasteiger partial charge in [0.25, 0.3) is 0 Å². The molecule has 0 bridgehead atoms. The molecule has 2 aromatic rings. The van der Waals surface area contributed by atoms with Crippen LogP contribution in [0.25, 0.3) is 0 Å². The van der Waals surface area contributed by atoms with E-state index >= 15 is 0 Å². The van der Waals surface area contributed by atoms with E-state index < -0.39 is 0 Å². The minimum absolute atomic E-state index is 0.472. The van der Waals surface area contributed by atoms with Gasteiger partial charge in [0.05, 0.1) is 0 Å². The summed E-state index contributed by atoms with van der Waals surface area (Å²) in [6.45, 7) is 13.4. The van der Waals surface area contributed by atoms with Gasteiger partial charge in [0.1, 0.15) is 0 Å². The van der Waals surface area contributed by atoms with E-state index in [-0.39, 0.29) is 0 Å². The van der Waals surface area contributed by atoms with E-state index in [4.69, 9.17) is 0 Å². The fourth-order valence-corrected chi connectivity index (χ4v) is 3.12. The first-order valence-electron chi connectivity index (χ1n) is 9.69. The molecule has 2 rings (SSSR count). The van der Waals surface area contributed by atoms with Gasteiger partial charge in [-0.25, -0.2) is 0 Å². The molecule has 2 unspecified atom stereocenters. The van der Waals surface area contributed by atoms with Crippen molar-refractivity contribution in [2.24, 2.45) is 0 Å². The van der Waals surface area contributed by atoms with Gasteiger partial charge in [-0.15, -0.1) is 0 Å². The number of anilines is 1. The third-order valence-corrected chi connectivity index (χ3v) is 4.94. The molecule has 1 N–H and O–H groups in total. The maximum atomic E-state index is 4.61. The number of nitrogens with zero attached hydrogens (tertiary/aromatic N) is 1. The minimum atomic E-state index is 0.472. The van der Waals surface area contributed by atoms with Crippen LogP contribution < -0.4 is 5.32 Å². The Bertz CT molecular complexity index is 626. The van der Waals surface area contributed by atoms with Crippen LogP contribution in [0.1, 0.15) is 89.0 Å². The Morgan fingerprint density at radius 2 is 1.32 bits per heavy atom. The van der Waals surface area contributed by atoms with Crippen LogP contribution in [0.3, 0.4) is 0 Å². The van der Waals surface area contributed by atoms with Gasteiger partial charge < -0.3 is 5.32 Å². The number of hydrogen-bond donors (Lipinski definition) is 1. The van der Waals surface area contributed by atoms with Crippen molar-refractivity contribution in [2.75, 3.05) is 5.32 Å². The first-order valence-corrected chi connectivity index (χ1v) is 9.69. The maximum Gasteiger partial charge on any atom is 0.0429 e. The van der Waals surface area contributed by atoms with Gasteiger partial charge in [-0.05, 0) is 73.8 Å². The lowest BCUT2D eigenvalue weighted by atomic mass is 9.89. The Labute approximate surface area is 154 Å².